The zero-order valence-corrected chi connectivity index (χ0v) is 16.4. The van der Waals surface area contributed by atoms with Crippen molar-refractivity contribution in [2.24, 2.45) is 0 Å². The molecule has 2 rings (SSSR count). The molecule has 1 fully saturated rings. The third kappa shape index (κ3) is 5.43. The second-order valence-corrected chi connectivity index (χ2v) is 7.72. The SMILES string of the molecule is CCCN(C(=O)OC(C)(C)C)c1ccc([C@H]2CCCCN2CC)cn1. The zero-order valence-electron chi connectivity index (χ0n) is 16.4. The summed E-state index contributed by atoms with van der Waals surface area (Å²) in [6, 6.07) is 4.52. The van der Waals surface area contributed by atoms with Gasteiger partial charge in [-0.1, -0.05) is 26.3 Å². The van der Waals surface area contributed by atoms with Crippen LogP contribution in [0, 0.1) is 0 Å². The van der Waals surface area contributed by atoms with Crippen LogP contribution in [0.2, 0.25) is 0 Å². The molecule has 1 amide bonds. The number of carbonyl (C=O) groups excluding carboxylic acids is 1. The number of anilines is 1. The highest BCUT2D eigenvalue weighted by atomic mass is 16.6. The molecule has 5 heteroatoms. The highest BCUT2D eigenvalue weighted by Gasteiger charge is 2.25. The zero-order chi connectivity index (χ0) is 18.4. The van der Waals surface area contributed by atoms with Crippen LogP contribution < -0.4 is 4.90 Å². The van der Waals surface area contributed by atoms with E-state index >= 15 is 0 Å². The van der Waals surface area contributed by atoms with Gasteiger partial charge in [-0.25, -0.2) is 9.78 Å². The lowest BCUT2D eigenvalue weighted by molar-refractivity contribution is 0.0579. The molecule has 0 bridgehead atoms. The first-order valence-electron chi connectivity index (χ1n) is 9.56. The van der Waals surface area contributed by atoms with Gasteiger partial charge in [0.15, 0.2) is 0 Å². The van der Waals surface area contributed by atoms with Crippen LogP contribution in [-0.2, 0) is 4.74 Å². The van der Waals surface area contributed by atoms with Crippen molar-refractivity contribution in [3.05, 3.63) is 23.9 Å². The maximum Gasteiger partial charge on any atom is 0.416 e. The van der Waals surface area contributed by atoms with Gasteiger partial charge in [0, 0.05) is 18.8 Å². The van der Waals surface area contributed by atoms with E-state index in [2.05, 4.69) is 22.9 Å². The van der Waals surface area contributed by atoms with E-state index in [-0.39, 0.29) is 6.09 Å². The van der Waals surface area contributed by atoms with Gasteiger partial charge in [0.25, 0.3) is 0 Å². The number of rotatable bonds is 5. The van der Waals surface area contributed by atoms with Crippen molar-refractivity contribution < 1.29 is 9.53 Å². The third-order valence-electron chi connectivity index (χ3n) is 4.51. The second-order valence-electron chi connectivity index (χ2n) is 7.72. The normalized spacial score (nSPS) is 18.8. The molecule has 0 N–H and O–H groups in total. The molecule has 0 spiro atoms. The van der Waals surface area contributed by atoms with E-state index in [1.165, 1.54) is 24.8 Å². The highest BCUT2D eigenvalue weighted by molar-refractivity contribution is 5.86. The van der Waals surface area contributed by atoms with Gasteiger partial charge in [-0.2, -0.15) is 0 Å². The molecular weight excluding hydrogens is 314 g/mol. The Morgan fingerprint density at radius 2 is 2.08 bits per heavy atom. The van der Waals surface area contributed by atoms with Crippen molar-refractivity contribution in [3.8, 4) is 0 Å². The summed E-state index contributed by atoms with van der Waals surface area (Å²) in [7, 11) is 0. The number of piperidine rings is 1. The molecule has 1 aliphatic heterocycles. The van der Waals surface area contributed by atoms with Crippen molar-refractivity contribution >= 4 is 11.9 Å². The number of nitrogens with zero attached hydrogens (tertiary/aromatic N) is 3. The molecule has 140 valence electrons. The third-order valence-corrected chi connectivity index (χ3v) is 4.51. The van der Waals surface area contributed by atoms with Crippen LogP contribution in [-0.4, -0.2) is 41.2 Å². The Bertz CT molecular complexity index is 551. The maximum atomic E-state index is 12.5. The number of likely N-dealkylation sites (tertiary alicyclic amines) is 1. The van der Waals surface area contributed by atoms with Crippen LogP contribution in [0.4, 0.5) is 10.6 Å². The Kier molecular flexibility index (Phi) is 6.82. The van der Waals surface area contributed by atoms with E-state index in [1.807, 2.05) is 40.0 Å². The molecule has 0 radical (unpaired) electrons. The first-order chi connectivity index (χ1) is 11.9. The highest BCUT2D eigenvalue weighted by Crippen LogP contribution is 2.31. The number of carbonyl (C=O) groups is 1. The topological polar surface area (TPSA) is 45.7 Å². The first kappa shape index (κ1) is 19.7. The first-order valence-corrected chi connectivity index (χ1v) is 9.56. The Morgan fingerprint density at radius 3 is 2.64 bits per heavy atom. The molecule has 1 atom stereocenters. The molecule has 1 aromatic rings. The van der Waals surface area contributed by atoms with Crippen LogP contribution >= 0.6 is 0 Å². The van der Waals surface area contributed by atoms with Gasteiger partial charge in [-0.3, -0.25) is 9.80 Å². The van der Waals surface area contributed by atoms with E-state index in [0.717, 1.165) is 19.5 Å². The molecule has 1 aliphatic rings. The van der Waals surface area contributed by atoms with Crippen LogP contribution in [0.25, 0.3) is 0 Å². The number of aromatic nitrogens is 1. The summed E-state index contributed by atoms with van der Waals surface area (Å²) in [5.41, 5.74) is 0.734. The molecule has 1 saturated heterocycles. The lowest BCUT2D eigenvalue weighted by Crippen LogP contribution is -2.38. The van der Waals surface area contributed by atoms with E-state index in [1.54, 1.807) is 4.90 Å². The summed E-state index contributed by atoms with van der Waals surface area (Å²) in [6.07, 6.45) is 6.18. The minimum absolute atomic E-state index is 0.331. The number of hydrogen-bond acceptors (Lipinski definition) is 4. The van der Waals surface area contributed by atoms with Gasteiger partial charge < -0.3 is 4.74 Å². The number of amides is 1. The Balaban J connectivity index is 2.16. The molecule has 0 aromatic carbocycles. The van der Waals surface area contributed by atoms with Crippen molar-refractivity contribution in [1.29, 1.82) is 0 Å². The van der Waals surface area contributed by atoms with Crippen molar-refractivity contribution in [3.63, 3.8) is 0 Å². The van der Waals surface area contributed by atoms with Crippen LogP contribution in [0.1, 0.15) is 71.9 Å². The average Bonchev–Trinajstić information content (AvgIpc) is 2.58. The van der Waals surface area contributed by atoms with Gasteiger partial charge in [0.1, 0.15) is 11.4 Å². The van der Waals surface area contributed by atoms with Crippen LogP contribution in [0.3, 0.4) is 0 Å². The summed E-state index contributed by atoms with van der Waals surface area (Å²) in [5, 5.41) is 0. The van der Waals surface area contributed by atoms with E-state index in [9.17, 15) is 4.79 Å². The Morgan fingerprint density at radius 1 is 1.32 bits per heavy atom. The lowest BCUT2D eigenvalue weighted by Gasteiger charge is -2.35. The van der Waals surface area contributed by atoms with E-state index in [0.29, 0.717) is 18.4 Å². The summed E-state index contributed by atoms with van der Waals surface area (Å²) < 4.78 is 5.53. The van der Waals surface area contributed by atoms with Crippen LogP contribution in [0.15, 0.2) is 18.3 Å². The van der Waals surface area contributed by atoms with Crippen molar-refractivity contribution in [2.45, 2.75) is 71.9 Å². The fraction of sp³-hybridized carbons (Fsp3) is 0.700. The second kappa shape index (κ2) is 8.65. The molecule has 0 aliphatic carbocycles. The number of ether oxygens (including phenoxy) is 1. The molecule has 0 unspecified atom stereocenters. The summed E-state index contributed by atoms with van der Waals surface area (Å²) in [6.45, 7) is 12.7. The minimum atomic E-state index is -0.507. The minimum Gasteiger partial charge on any atom is -0.443 e. The van der Waals surface area contributed by atoms with Crippen LogP contribution in [0.5, 0.6) is 0 Å². The van der Waals surface area contributed by atoms with E-state index in [4.69, 9.17) is 4.74 Å². The van der Waals surface area contributed by atoms with Gasteiger partial charge >= 0.3 is 6.09 Å². The predicted octanol–water partition coefficient (Wildman–Crippen LogP) is 4.78. The monoisotopic (exact) mass is 347 g/mol. The van der Waals surface area contributed by atoms with Crippen molar-refractivity contribution in [2.75, 3.05) is 24.5 Å². The smallest absolute Gasteiger partial charge is 0.416 e. The van der Waals surface area contributed by atoms with E-state index < -0.39 is 5.60 Å². The predicted molar refractivity (Wildman–Crippen MR) is 102 cm³/mol. The maximum absolute atomic E-state index is 12.5. The molecule has 2 heterocycles. The van der Waals surface area contributed by atoms with Gasteiger partial charge in [0.05, 0.1) is 0 Å². The Hall–Kier alpha value is -1.62. The molecule has 0 saturated carbocycles. The molecule has 25 heavy (non-hydrogen) atoms. The summed E-state index contributed by atoms with van der Waals surface area (Å²) in [5.74, 6) is 0.665. The molecular formula is C20H33N3O2. The summed E-state index contributed by atoms with van der Waals surface area (Å²) in [4.78, 5) is 21.2. The fourth-order valence-corrected chi connectivity index (χ4v) is 3.34. The van der Waals surface area contributed by atoms with Gasteiger partial charge in [-0.05, 0) is 64.8 Å². The largest absolute Gasteiger partial charge is 0.443 e. The fourth-order valence-electron chi connectivity index (χ4n) is 3.34. The van der Waals surface area contributed by atoms with Gasteiger partial charge in [-0.15, -0.1) is 0 Å². The van der Waals surface area contributed by atoms with Gasteiger partial charge in [0.2, 0.25) is 0 Å². The van der Waals surface area contributed by atoms with Crippen molar-refractivity contribution in [1.82, 2.24) is 9.88 Å². The molecule has 1 aromatic heterocycles. The average molecular weight is 348 g/mol. The molecule has 5 nitrogen and oxygen atoms in total. The standard InChI is InChI=1S/C20H33N3O2/c1-6-13-23(19(24)25-20(3,4)5)18-12-11-16(15-21-18)17-10-8-9-14-22(17)7-2/h11-12,15,17H,6-10,13-14H2,1-5H3/t17-/m1/s1. The Labute approximate surface area is 152 Å². The number of hydrogen-bond donors (Lipinski definition) is 0. The summed E-state index contributed by atoms with van der Waals surface area (Å²) >= 11 is 0. The number of pyridine rings is 1. The quantitative estimate of drug-likeness (QED) is 0.769. The lowest BCUT2D eigenvalue weighted by atomic mass is 9.96.